The van der Waals surface area contributed by atoms with E-state index in [4.69, 9.17) is 22.1 Å². The maximum Gasteiger partial charge on any atom is 0.244 e. The first-order chi connectivity index (χ1) is 12.4. The molecule has 0 saturated carbocycles. The lowest BCUT2D eigenvalue weighted by atomic mass is 9.84. The molecule has 1 atom stereocenters. The van der Waals surface area contributed by atoms with Gasteiger partial charge in [-0.3, -0.25) is 5.10 Å². The number of nitrogens with one attached hydrogen (secondary N) is 1. The normalized spacial score (nSPS) is 16.3. The van der Waals surface area contributed by atoms with Crippen molar-refractivity contribution >= 4 is 22.5 Å². The summed E-state index contributed by atoms with van der Waals surface area (Å²) >= 11 is 6.54. The third-order valence-corrected chi connectivity index (χ3v) is 5.01. The van der Waals surface area contributed by atoms with Crippen LogP contribution < -0.4 is 10.5 Å². The van der Waals surface area contributed by atoms with Crippen molar-refractivity contribution in [2.75, 3.05) is 0 Å². The van der Waals surface area contributed by atoms with E-state index in [-0.39, 0.29) is 5.88 Å². The molecule has 2 aromatic heterocycles. The number of benzene rings is 1. The van der Waals surface area contributed by atoms with E-state index in [1.54, 1.807) is 0 Å². The van der Waals surface area contributed by atoms with E-state index in [0.29, 0.717) is 22.2 Å². The number of hydrogen-bond donors (Lipinski definition) is 2. The molecule has 1 aromatic carbocycles. The van der Waals surface area contributed by atoms with Crippen molar-refractivity contribution in [2.24, 2.45) is 5.73 Å². The van der Waals surface area contributed by atoms with Gasteiger partial charge in [-0.1, -0.05) is 17.7 Å². The Balaban J connectivity index is 2.04. The highest BCUT2D eigenvalue weighted by Gasteiger charge is 2.35. The lowest BCUT2D eigenvalue weighted by Gasteiger charge is -2.24. The van der Waals surface area contributed by atoms with E-state index in [2.05, 4.69) is 27.3 Å². The number of fused-ring (bicyclic) bond motifs is 2. The molecule has 0 aliphatic carbocycles. The Labute approximate surface area is 155 Å². The molecule has 3 N–H and O–H groups in total. The number of ether oxygens (including phenoxy) is 1. The Morgan fingerprint density at radius 2 is 2.04 bits per heavy atom. The maximum atomic E-state index is 9.68. The van der Waals surface area contributed by atoms with Gasteiger partial charge in [0.1, 0.15) is 16.8 Å². The van der Waals surface area contributed by atoms with Crippen molar-refractivity contribution in [2.45, 2.75) is 26.7 Å². The number of nitrogens with two attached hydrogens (primary N) is 1. The number of aryl methyl sites for hydroxylation is 3. The van der Waals surface area contributed by atoms with Gasteiger partial charge in [0.05, 0.1) is 11.4 Å². The minimum Gasteiger partial charge on any atom is -0.420 e. The summed E-state index contributed by atoms with van der Waals surface area (Å²) in [7, 11) is 0. The Hall–Kier alpha value is -3.04. The number of nitriles is 1. The van der Waals surface area contributed by atoms with Crippen LogP contribution in [0.3, 0.4) is 0 Å². The van der Waals surface area contributed by atoms with Gasteiger partial charge in [0.25, 0.3) is 0 Å². The highest BCUT2D eigenvalue weighted by molar-refractivity contribution is 6.30. The molecule has 3 aromatic rings. The minimum absolute atomic E-state index is 0.0355. The van der Waals surface area contributed by atoms with Crippen LogP contribution in [-0.4, -0.2) is 15.2 Å². The molecule has 0 radical (unpaired) electrons. The van der Waals surface area contributed by atoms with E-state index in [1.165, 1.54) is 0 Å². The summed E-state index contributed by atoms with van der Waals surface area (Å²) in [5, 5.41) is 18.0. The fourth-order valence-corrected chi connectivity index (χ4v) is 3.79. The molecule has 7 heteroatoms. The second-order valence-corrected chi connectivity index (χ2v) is 6.87. The second kappa shape index (κ2) is 5.75. The van der Waals surface area contributed by atoms with E-state index in [0.717, 1.165) is 33.3 Å². The molecular weight excluding hydrogens is 350 g/mol. The van der Waals surface area contributed by atoms with Crippen LogP contribution in [0.2, 0.25) is 5.15 Å². The third-order valence-electron chi connectivity index (χ3n) is 4.71. The number of rotatable bonds is 1. The molecule has 26 heavy (non-hydrogen) atoms. The first-order valence-electron chi connectivity index (χ1n) is 8.10. The lowest BCUT2D eigenvalue weighted by Crippen LogP contribution is -2.21. The van der Waals surface area contributed by atoms with E-state index in [1.807, 2.05) is 32.9 Å². The van der Waals surface area contributed by atoms with Gasteiger partial charge in [-0.15, -0.1) is 5.10 Å². The summed E-state index contributed by atoms with van der Waals surface area (Å²) in [4.78, 5) is 4.57. The van der Waals surface area contributed by atoms with Gasteiger partial charge in [-0.25, -0.2) is 4.98 Å². The van der Waals surface area contributed by atoms with Crippen LogP contribution in [0.5, 0.6) is 5.88 Å². The molecule has 130 valence electrons. The minimum atomic E-state index is -0.479. The molecule has 0 amide bonds. The van der Waals surface area contributed by atoms with Crippen molar-refractivity contribution in [3.63, 3.8) is 0 Å². The Kier molecular flexibility index (Phi) is 3.63. The summed E-state index contributed by atoms with van der Waals surface area (Å²) in [5.74, 6) is -0.0818. The van der Waals surface area contributed by atoms with Gasteiger partial charge in [-0.05, 0) is 44.0 Å². The van der Waals surface area contributed by atoms with E-state index < -0.39 is 5.92 Å². The van der Waals surface area contributed by atoms with Crippen LogP contribution >= 0.6 is 11.6 Å². The predicted molar refractivity (Wildman–Crippen MR) is 98.8 cm³/mol. The number of nitrogens with zero attached hydrogens (tertiary/aromatic N) is 3. The highest BCUT2D eigenvalue weighted by Crippen LogP contribution is 2.45. The molecule has 0 spiro atoms. The number of halogens is 1. The topological polar surface area (TPSA) is 101 Å². The van der Waals surface area contributed by atoms with Gasteiger partial charge in [0.15, 0.2) is 0 Å². The van der Waals surface area contributed by atoms with Gasteiger partial charge in [0, 0.05) is 22.2 Å². The fourth-order valence-electron chi connectivity index (χ4n) is 3.53. The molecule has 1 unspecified atom stereocenters. The zero-order valence-electron chi connectivity index (χ0n) is 14.5. The molecule has 1 aliphatic heterocycles. The Morgan fingerprint density at radius 3 is 2.77 bits per heavy atom. The monoisotopic (exact) mass is 365 g/mol. The molecule has 0 fully saturated rings. The number of pyridine rings is 1. The molecule has 4 rings (SSSR count). The highest BCUT2D eigenvalue weighted by atomic mass is 35.5. The lowest BCUT2D eigenvalue weighted by molar-refractivity contribution is 0.379. The molecule has 0 saturated heterocycles. The number of aromatic nitrogens is 3. The SMILES string of the molecule is Cc1cc(C)c2cc(C3C(C#N)=C(N)Oc4n[nH]c(C)c43)c(Cl)nc2c1. The maximum absolute atomic E-state index is 9.68. The number of hydrogen-bond acceptors (Lipinski definition) is 5. The van der Waals surface area contributed by atoms with Gasteiger partial charge >= 0.3 is 0 Å². The number of H-pyrrole nitrogens is 1. The first kappa shape index (κ1) is 16.4. The standard InChI is InChI=1S/C19H16ClN5O/c1-8-4-9(2)11-6-12(17(20)23-14(11)5-8)16-13(7-21)18(22)26-19-15(16)10(3)24-25-19/h4-6,16H,22H2,1-3H3,(H,24,25). The molecule has 3 heterocycles. The molecular formula is C19H16ClN5O. The van der Waals surface area contributed by atoms with Gasteiger partial charge in [0.2, 0.25) is 11.8 Å². The van der Waals surface area contributed by atoms with Crippen LogP contribution in [0.4, 0.5) is 0 Å². The van der Waals surface area contributed by atoms with E-state index >= 15 is 0 Å². The summed E-state index contributed by atoms with van der Waals surface area (Å²) in [6.07, 6.45) is 0. The second-order valence-electron chi connectivity index (χ2n) is 6.51. The average molecular weight is 366 g/mol. The van der Waals surface area contributed by atoms with Crippen LogP contribution in [0.15, 0.2) is 29.7 Å². The molecule has 1 aliphatic rings. The van der Waals surface area contributed by atoms with Crippen molar-refractivity contribution in [3.05, 3.63) is 62.8 Å². The van der Waals surface area contributed by atoms with Crippen LogP contribution in [0.1, 0.15) is 33.9 Å². The van der Waals surface area contributed by atoms with E-state index in [9.17, 15) is 5.26 Å². The smallest absolute Gasteiger partial charge is 0.244 e. The van der Waals surface area contributed by atoms with Crippen molar-refractivity contribution < 1.29 is 4.74 Å². The summed E-state index contributed by atoms with van der Waals surface area (Å²) < 4.78 is 5.50. The zero-order valence-corrected chi connectivity index (χ0v) is 15.3. The zero-order chi connectivity index (χ0) is 18.6. The van der Waals surface area contributed by atoms with Crippen molar-refractivity contribution in [1.82, 2.24) is 15.2 Å². The first-order valence-corrected chi connectivity index (χ1v) is 8.48. The third kappa shape index (κ3) is 2.32. The molecule has 0 bridgehead atoms. The van der Waals surface area contributed by atoms with Crippen LogP contribution in [0, 0.1) is 32.1 Å². The number of aromatic amines is 1. The Bertz CT molecular complexity index is 1140. The number of allylic oxidation sites excluding steroid dienone is 1. The largest absolute Gasteiger partial charge is 0.420 e. The quantitative estimate of drug-likeness (QED) is 0.639. The average Bonchev–Trinajstić information content (AvgIpc) is 2.93. The van der Waals surface area contributed by atoms with Crippen molar-refractivity contribution in [3.8, 4) is 11.9 Å². The fraction of sp³-hybridized carbons (Fsp3) is 0.211. The summed E-state index contributed by atoms with van der Waals surface area (Å²) in [5.41, 5.74) is 11.6. The van der Waals surface area contributed by atoms with Crippen LogP contribution in [-0.2, 0) is 0 Å². The van der Waals surface area contributed by atoms with Crippen LogP contribution in [0.25, 0.3) is 10.9 Å². The predicted octanol–water partition coefficient (Wildman–Crippen LogP) is 3.75. The summed E-state index contributed by atoms with van der Waals surface area (Å²) in [6.45, 7) is 5.92. The van der Waals surface area contributed by atoms with Gasteiger partial charge in [-0.2, -0.15) is 5.26 Å². The van der Waals surface area contributed by atoms with Gasteiger partial charge < -0.3 is 10.5 Å². The summed E-state index contributed by atoms with van der Waals surface area (Å²) in [6, 6.07) is 8.23. The molecule has 6 nitrogen and oxygen atoms in total. The van der Waals surface area contributed by atoms with Crippen molar-refractivity contribution in [1.29, 1.82) is 5.26 Å². The Morgan fingerprint density at radius 1 is 1.27 bits per heavy atom.